The zero-order valence-electron chi connectivity index (χ0n) is 7.63. The van der Waals surface area contributed by atoms with Crippen LogP contribution in [0.5, 0.6) is 0 Å². The van der Waals surface area contributed by atoms with E-state index >= 15 is 0 Å². The van der Waals surface area contributed by atoms with E-state index < -0.39 is 0 Å². The van der Waals surface area contributed by atoms with Crippen molar-refractivity contribution in [1.29, 1.82) is 0 Å². The molecule has 0 aliphatic carbocycles. The van der Waals surface area contributed by atoms with E-state index in [2.05, 4.69) is 0 Å². The monoisotopic (exact) mass is 158 g/mol. The number of nitrogens with zero attached hydrogens (tertiary/aromatic N) is 1. The number of amides is 1. The molecule has 0 aliphatic rings. The smallest absolute Gasteiger partial charge is 0.225 e. The van der Waals surface area contributed by atoms with Crippen molar-refractivity contribution in [3.05, 3.63) is 0 Å². The van der Waals surface area contributed by atoms with Crippen molar-refractivity contribution in [2.24, 2.45) is 11.7 Å². The first-order chi connectivity index (χ1) is 5.13. The van der Waals surface area contributed by atoms with E-state index in [1.54, 1.807) is 4.90 Å². The summed E-state index contributed by atoms with van der Waals surface area (Å²) < 4.78 is 0. The molecule has 0 unspecified atom stereocenters. The van der Waals surface area contributed by atoms with Gasteiger partial charge in [0.25, 0.3) is 0 Å². The molecule has 66 valence electrons. The molecule has 0 atom stereocenters. The molecule has 0 aromatic rings. The highest BCUT2D eigenvalue weighted by molar-refractivity contribution is 5.78. The van der Waals surface area contributed by atoms with E-state index in [1.807, 2.05) is 20.8 Å². The molecular weight excluding hydrogens is 140 g/mol. The summed E-state index contributed by atoms with van der Waals surface area (Å²) in [5, 5.41) is 0. The molecule has 3 nitrogen and oxygen atoms in total. The summed E-state index contributed by atoms with van der Waals surface area (Å²) in [4.78, 5) is 13.1. The van der Waals surface area contributed by atoms with Crippen LogP contribution in [0.15, 0.2) is 0 Å². The molecule has 11 heavy (non-hydrogen) atoms. The summed E-state index contributed by atoms with van der Waals surface area (Å²) in [5.74, 6) is 0.277. The zero-order valence-corrected chi connectivity index (χ0v) is 7.63. The van der Waals surface area contributed by atoms with Gasteiger partial charge < -0.3 is 10.6 Å². The van der Waals surface area contributed by atoms with Gasteiger partial charge in [0.05, 0.1) is 0 Å². The molecule has 0 aromatic carbocycles. The number of carbonyl (C=O) groups is 1. The zero-order chi connectivity index (χ0) is 8.85. The number of likely N-dealkylation sites (N-methyl/N-ethyl adjacent to an activating group) is 1. The van der Waals surface area contributed by atoms with Gasteiger partial charge in [-0.25, -0.2) is 0 Å². The number of hydrogen-bond acceptors (Lipinski definition) is 2. The normalized spacial score (nSPS) is 10.3. The van der Waals surface area contributed by atoms with Crippen LogP contribution in [0.3, 0.4) is 0 Å². The Morgan fingerprint density at radius 3 is 2.36 bits per heavy atom. The molecule has 1 amide bonds. The number of rotatable bonds is 4. The Kier molecular flexibility index (Phi) is 4.86. The van der Waals surface area contributed by atoms with Crippen molar-refractivity contribution < 1.29 is 4.79 Å². The SMILES string of the molecule is CCN(CCN)C(=O)C(C)C. The summed E-state index contributed by atoms with van der Waals surface area (Å²) in [6, 6.07) is 0. The molecule has 0 aliphatic heterocycles. The Hall–Kier alpha value is -0.570. The Labute approximate surface area is 68.6 Å². The highest BCUT2D eigenvalue weighted by atomic mass is 16.2. The lowest BCUT2D eigenvalue weighted by Gasteiger charge is -2.21. The second kappa shape index (κ2) is 5.13. The lowest BCUT2D eigenvalue weighted by Crippen LogP contribution is -2.37. The standard InChI is InChI=1S/C8H18N2O/c1-4-10(6-5-9)8(11)7(2)3/h7H,4-6,9H2,1-3H3. The van der Waals surface area contributed by atoms with Gasteiger partial charge in [0.1, 0.15) is 0 Å². The molecule has 0 rings (SSSR count). The molecular formula is C8H18N2O. The third-order valence-electron chi connectivity index (χ3n) is 1.59. The average Bonchev–Trinajstić information content (AvgIpc) is 1.98. The molecule has 0 radical (unpaired) electrons. The summed E-state index contributed by atoms with van der Waals surface area (Å²) >= 11 is 0. The maximum absolute atomic E-state index is 11.3. The van der Waals surface area contributed by atoms with Crippen molar-refractivity contribution >= 4 is 5.91 Å². The van der Waals surface area contributed by atoms with Crippen molar-refractivity contribution in [1.82, 2.24) is 4.90 Å². The number of hydrogen-bond donors (Lipinski definition) is 1. The van der Waals surface area contributed by atoms with Crippen LogP contribution in [0.1, 0.15) is 20.8 Å². The summed E-state index contributed by atoms with van der Waals surface area (Å²) in [6.45, 7) is 7.76. The molecule has 3 heteroatoms. The van der Waals surface area contributed by atoms with Crippen LogP contribution in [-0.2, 0) is 4.79 Å². The highest BCUT2D eigenvalue weighted by Crippen LogP contribution is 1.99. The van der Waals surface area contributed by atoms with E-state index in [1.165, 1.54) is 0 Å². The van der Waals surface area contributed by atoms with E-state index in [-0.39, 0.29) is 11.8 Å². The van der Waals surface area contributed by atoms with Gasteiger partial charge in [-0.3, -0.25) is 4.79 Å². The van der Waals surface area contributed by atoms with Crippen LogP contribution in [0.2, 0.25) is 0 Å². The summed E-state index contributed by atoms with van der Waals surface area (Å²) in [7, 11) is 0. The van der Waals surface area contributed by atoms with Gasteiger partial charge in [0.2, 0.25) is 5.91 Å². The van der Waals surface area contributed by atoms with Crippen molar-refractivity contribution in [3.63, 3.8) is 0 Å². The Morgan fingerprint density at radius 1 is 1.55 bits per heavy atom. The van der Waals surface area contributed by atoms with Crippen molar-refractivity contribution in [2.75, 3.05) is 19.6 Å². The first kappa shape index (κ1) is 10.4. The molecule has 0 saturated heterocycles. The van der Waals surface area contributed by atoms with Gasteiger partial charge in [-0.15, -0.1) is 0 Å². The summed E-state index contributed by atoms with van der Waals surface area (Å²) in [5.41, 5.74) is 5.35. The maximum Gasteiger partial charge on any atom is 0.225 e. The molecule has 0 spiro atoms. The molecule has 0 heterocycles. The Balaban J connectivity index is 3.92. The fourth-order valence-electron chi connectivity index (χ4n) is 0.945. The summed E-state index contributed by atoms with van der Waals surface area (Å²) in [6.07, 6.45) is 0. The largest absolute Gasteiger partial charge is 0.341 e. The average molecular weight is 158 g/mol. The quantitative estimate of drug-likeness (QED) is 0.645. The van der Waals surface area contributed by atoms with Gasteiger partial charge in [0, 0.05) is 25.6 Å². The first-order valence-electron chi connectivity index (χ1n) is 4.12. The predicted octanol–water partition coefficient (Wildman–Crippen LogP) is 0.450. The van der Waals surface area contributed by atoms with Crippen LogP contribution in [0, 0.1) is 5.92 Å². The maximum atomic E-state index is 11.3. The second-order valence-electron chi connectivity index (χ2n) is 2.86. The molecule has 0 aromatic heterocycles. The van der Waals surface area contributed by atoms with Crippen molar-refractivity contribution in [3.8, 4) is 0 Å². The van der Waals surface area contributed by atoms with Gasteiger partial charge in [-0.2, -0.15) is 0 Å². The second-order valence-corrected chi connectivity index (χ2v) is 2.86. The third kappa shape index (κ3) is 3.37. The Morgan fingerprint density at radius 2 is 2.09 bits per heavy atom. The van der Waals surface area contributed by atoms with Gasteiger partial charge in [0.15, 0.2) is 0 Å². The minimum atomic E-state index is 0.0847. The van der Waals surface area contributed by atoms with E-state index in [4.69, 9.17) is 5.73 Å². The minimum absolute atomic E-state index is 0.0847. The molecule has 0 bridgehead atoms. The van der Waals surface area contributed by atoms with Crippen LogP contribution in [0.4, 0.5) is 0 Å². The minimum Gasteiger partial charge on any atom is -0.341 e. The fraction of sp³-hybridized carbons (Fsp3) is 0.875. The van der Waals surface area contributed by atoms with E-state index in [0.29, 0.717) is 13.1 Å². The third-order valence-corrected chi connectivity index (χ3v) is 1.59. The molecule has 2 N–H and O–H groups in total. The van der Waals surface area contributed by atoms with Gasteiger partial charge >= 0.3 is 0 Å². The van der Waals surface area contributed by atoms with Crippen LogP contribution in [0.25, 0.3) is 0 Å². The van der Waals surface area contributed by atoms with Gasteiger partial charge in [-0.05, 0) is 6.92 Å². The molecule has 0 fully saturated rings. The van der Waals surface area contributed by atoms with Gasteiger partial charge in [-0.1, -0.05) is 13.8 Å². The first-order valence-corrected chi connectivity index (χ1v) is 4.12. The topological polar surface area (TPSA) is 46.3 Å². The van der Waals surface area contributed by atoms with Crippen LogP contribution < -0.4 is 5.73 Å². The highest BCUT2D eigenvalue weighted by Gasteiger charge is 2.13. The molecule has 0 saturated carbocycles. The van der Waals surface area contributed by atoms with E-state index in [0.717, 1.165) is 6.54 Å². The van der Waals surface area contributed by atoms with Crippen molar-refractivity contribution in [2.45, 2.75) is 20.8 Å². The number of carbonyl (C=O) groups excluding carboxylic acids is 1. The Bertz CT molecular complexity index is 123. The number of nitrogens with two attached hydrogens (primary N) is 1. The van der Waals surface area contributed by atoms with E-state index in [9.17, 15) is 4.79 Å². The lowest BCUT2D eigenvalue weighted by atomic mass is 10.2. The van der Waals surface area contributed by atoms with Crippen LogP contribution >= 0.6 is 0 Å². The predicted molar refractivity (Wildman–Crippen MR) is 46.1 cm³/mol. The van der Waals surface area contributed by atoms with Crippen LogP contribution in [-0.4, -0.2) is 30.4 Å². The lowest BCUT2D eigenvalue weighted by molar-refractivity contribution is -0.134. The fourth-order valence-corrected chi connectivity index (χ4v) is 0.945.